The van der Waals surface area contributed by atoms with E-state index in [0.29, 0.717) is 0 Å². The quantitative estimate of drug-likeness (QED) is 0.415. The minimum Gasteiger partial charge on any atom is -0.336 e. The Labute approximate surface area is 215 Å². The van der Waals surface area contributed by atoms with Crippen molar-refractivity contribution in [2.24, 2.45) is 0 Å². The number of benzene rings is 2. The molecule has 4 aromatic rings. The lowest BCUT2D eigenvalue weighted by molar-refractivity contribution is 0.205. The Bertz CT molecular complexity index is 1470. The molecule has 0 bridgehead atoms. The topological polar surface area (TPSA) is 71.2 Å². The first kappa shape index (κ1) is 23.4. The molecule has 190 valence electrons. The largest absolute Gasteiger partial charge is 0.336 e. The van der Waals surface area contributed by atoms with Gasteiger partial charge in [0.05, 0.1) is 11.7 Å². The highest BCUT2D eigenvalue weighted by Crippen LogP contribution is 2.35. The smallest absolute Gasteiger partial charge is 0.317 e. The van der Waals surface area contributed by atoms with Gasteiger partial charge in [-0.1, -0.05) is 17.4 Å². The number of urea groups is 1. The molecule has 4 heterocycles. The van der Waals surface area contributed by atoms with Gasteiger partial charge in [0, 0.05) is 74.2 Å². The van der Waals surface area contributed by atoms with Crippen molar-refractivity contribution in [2.45, 2.75) is 19.9 Å². The van der Waals surface area contributed by atoms with Crippen LogP contribution in [-0.4, -0.2) is 74.7 Å². The monoisotopic (exact) mass is 499 g/mol. The molecule has 1 fully saturated rings. The molecule has 2 aromatic carbocycles. The number of carbonyl (C=O) groups excluding carboxylic acids is 1. The molecule has 0 atom stereocenters. The van der Waals surface area contributed by atoms with Gasteiger partial charge in [-0.2, -0.15) is 0 Å². The molecular formula is C28H30FN7O. The third kappa shape index (κ3) is 4.62. The van der Waals surface area contributed by atoms with E-state index < -0.39 is 0 Å². The first-order valence-electron chi connectivity index (χ1n) is 12.8. The van der Waals surface area contributed by atoms with Crippen molar-refractivity contribution in [3.05, 3.63) is 72.3 Å². The number of nitrogens with one attached hydrogen (secondary N) is 1. The molecule has 0 spiro atoms. The van der Waals surface area contributed by atoms with Gasteiger partial charge in [-0.15, -0.1) is 5.10 Å². The highest BCUT2D eigenvalue weighted by Gasteiger charge is 2.22. The van der Waals surface area contributed by atoms with Crippen LogP contribution in [0.15, 0.2) is 60.9 Å². The number of hydrogen-bond donors (Lipinski definition) is 1. The fraction of sp³-hybridized carbons (Fsp3) is 0.321. The second-order valence-corrected chi connectivity index (χ2v) is 9.58. The lowest BCUT2D eigenvalue weighted by atomic mass is 9.97. The van der Waals surface area contributed by atoms with E-state index in [2.05, 4.69) is 55.6 Å². The van der Waals surface area contributed by atoms with Crippen LogP contribution in [0.25, 0.3) is 33.4 Å². The Kier molecular flexibility index (Phi) is 6.21. The van der Waals surface area contributed by atoms with Gasteiger partial charge in [0.25, 0.3) is 0 Å². The van der Waals surface area contributed by atoms with Crippen molar-refractivity contribution in [1.29, 1.82) is 0 Å². The zero-order valence-corrected chi connectivity index (χ0v) is 20.9. The average molecular weight is 500 g/mol. The summed E-state index contributed by atoms with van der Waals surface area (Å²) < 4.78 is 17.6. The molecule has 9 heteroatoms. The van der Waals surface area contributed by atoms with Crippen LogP contribution >= 0.6 is 0 Å². The van der Waals surface area contributed by atoms with Crippen molar-refractivity contribution in [3.8, 4) is 16.9 Å². The SMILES string of the molecule is CCn1cc(-c2ccc3c(c2)c(C2=CCN(CCN4CCNC4=O)CC2)cn3-c2ccc(F)cc2)nn1. The molecule has 0 unspecified atom stereocenters. The summed E-state index contributed by atoms with van der Waals surface area (Å²) in [5.74, 6) is -0.247. The number of aryl methyl sites for hydroxylation is 1. The number of aromatic nitrogens is 4. The Balaban J connectivity index is 1.33. The molecular weight excluding hydrogens is 469 g/mol. The van der Waals surface area contributed by atoms with Gasteiger partial charge in [0.2, 0.25) is 0 Å². The molecule has 0 radical (unpaired) electrons. The van der Waals surface area contributed by atoms with Crippen LogP contribution in [0.2, 0.25) is 0 Å². The van der Waals surface area contributed by atoms with Crippen LogP contribution in [0, 0.1) is 5.82 Å². The maximum absolute atomic E-state index is 13.6. The molecule has 2 amide bonds. The standard InChI is InChI=1S/C28H30FN7O/c1-2-35-19-26(31-32-35)21-3-8-27-24(17-21)25(18-36(27)23-6-4-22(29)5-7-23)20-9-12-33(13-10-20)15-16-34-14-11-30-28(34)37/h3-9,17-19H,2,10-16H2,1H3,(H,30,37). The van der Waals surface area contributed by atoms with Crippen LogP contribution in [0.3, 0.4) is 0 Å². The number of nitrogens with zero attached hydrogens (tertiary/aromatic N) is 6. The Morgan fingerprint density at radius 1 is 1.05 bits per heavy atom. The normalized spacial score (nSPS) is 16.4. The van der Waals surface area contributed by atoms with Gasteiger partial charge in [-0.3, -0.25) is 9.58 Å². The van der Waals surface area contributed by atoms with E-state index in [1.54, 1.807) is 0 Å². The predicted octanol–water partition coefficient (Wildman–Crippen LogP) is 4.16. The third-order valence-electron chi connectivity index (χ3n) is 7.34. The molecule has 8 nitrogen and oxygen atoms in total. The first-order valence-corrected chi connectivity index (χ1v) is 12.8. The summed E-state index contributed by atoms with van der Waals surface area (Å²) in [4.78, 5) is 16.1. The molecule has 2 aromatic heterocycles. The number of hydrogen-bond acceptors (Lipinski definition) is 4. The van der Waals surface area contributed by atoms with Crippen molar-refractivity contribution in [2.75, 3.05) is 39.3 Å². The van der Waals surface area contributed by atoms with Gasteiger partial charge in [-0.25, -0.2) is 9.18 Å². The maximum atomic E-state index is 13.6. The van der Waals surface area contributed by atoms with Crippen LogP contribution in [-0.2, 0) is 6.54 Å². The van der Waals surface area contributed by atoms with Crippen LogP contribution in [0.4, 0.5) is 9.18 Å². The van der Waals surface area contributed by atoms with Crippen LogP contribution < -0.4 is 5.32 Å². The average Bonchev–Trinajstić information content (AvgIpc) is 3.66. The Hall–Kier alpha value is -3.98. The van der Waals surface area contributed by atoms with E-state index >= 15 is 0 Å². The second kappa shape index (κ2) is 9.82. The van der Waals surface area contributed by atoms with E-state index in [4.69, 9.17) is 0 Å². The molecule has 0 aliphatic carbocycles. The van der Waals surface area contributed by atoms with Crippen LogP contribution in [0.5, 0.6) is 0 Å². The zero-order valence-electron chi connectivity index (χ0n) is 20.9. The minimum absolute atomic E-state index is 0.0385. The Morgan fingerprint density at radius 3 is 2.62 bits per heavy atom. The molecule has 2 aliphatic heterocycles. The molecule has 2 aliphatic rings. The Morgan fingerprint density at radius 2 is 1.92 bits per heavy atom. The van der Waals surface area contributed by atoms with Gasteiger partial charge in [-0.05, 0) is 55.3 Å². The minimum atomic E-state index is -0.247. The fourth-order valence-electron chi connectivity index (χ4n) is 5.19. The summed E-state index contributed by atoms with van der Waals surface area (Å²) >= 11 is 0. The highest BCUT2D eigenvalue weighted by atomic mass is 19.1. The van der Waals surface area contributed by atoms with Crippen molar-refractivity contribution >= 4 is 22.5 Å². The van der Waals surface area contributed by atoms with E-state index in [1.807, 2.05) is 34.8 Å². The van der Waals surface area contributed by atoms with Gasteiger partial charge in [0.15, 0.2) is 0 Å². The van der Waals surface area contributed by atoms with Gasteiger partial charge >= 0.3 is 6.03 Å². The van der Waals surface area contributed by atoms with Crippen molar-refractivity contribution < 1.29 is 9.18 Å². The predicted molar refractivity (Wildman–Crippen MR) is 142 cm³/mol. The first-order chi connectivity index (χ1) is 18.1. The summed E-state index contributed by atoms with van der Waals surface area (Å²) in [5, 5.41) is 12.6. The fourth-order valence-corrected chi connectivity index (χ4v) is 5.19. The van der Waals surface area contributed by atoms with Crippen LogP contribution in [0.1, 0.15) is 18.9 Å². The van der Waals surface area contributed by atoms with Crippen molar-refractivity contribution in [1.82, 2.24) is 34.7 Å². The zero-order chi connectivity index (χ0) is 25.4. The summed E-state index contributed by atoms with van der Waals surface area (Å²) in [5.41, 5.74) is 6.34. The number of amides is 2. The van der Waals surface area contributed by atoms with Gasteiger partial charge < -0.3 is 14.8 Å². The lowest BCUT2D eigenvalue weighted by Crippen LogP contribution is -2.38. The summed E-state index contributed by atoms with van der Waals surface area (Å²) in [6, 6.07) is 13.0. The number of halogens is 1. The lowest BCUT2D eigenvalue weighted by Gasteiger charge is -2.28. The highest BCUT2D eigenvalue weighted by molar-refractivity contribution is 5.96. The number of rotatable bonds is 7. The molecule has 37 heavy (non-hydrogen) atoms. The van der Waals surface area contributed by atoms with Crippen molar-refractivity contribution in [3.63, 3.8) is 0 Å². The van der Waals surface area contributed by atoms with E-state index in [0.717, 1.165) is 80.1 Å². The third-order valence-corrected chi connectivity index (χ3v) is 7.34. The molecule has 1 saturated heterocycles. The maximum Gasteiger partial charge on any atom is 0.317 e. The van der Waals surface area contributed by atoms with E-state index in [-0.39, 0.29) is 11.8 Å². The number of carbonyl (C=O) groups is 1. The van der Waals surface area contributed by atoms with E-state index in [9.17, 15) is 9.18 Å². The van der Waals surface area contributed by atoms with E-state index in [1.165, 1.54) is 23.3 Å². The molecule has 6 rings (SSSR count). The summed E-state index contributed by atoms with van der Waals surface area (Å²) in [7, 11) is 0. The molecule has 1 N–H and O–H groups in total. The van der Waals surface area contributed by atoms with Gasteiger partial charge in [0.1, 0.15) is 11.5 Å². The summed E-state index contributed by atoms with van der Waals surface area (Å²) in [6.45, 7) is 7.73. The second-order valence-electron chi connectivity index (χ2n) is 9.58. The summed E-state index contributed by atoms with van der Waals surface area (Å²) in [6.07, 6.45) is 7.36. The number of fused-ring (bicyclic) bond motifs is 1. The molecule has 0 saturated carbocycles.